The van der Waals surface area contributed by atoms with Crippen molar-refractivity contribution in [1.82, 2.24) is 23.8 Å². The third-order valence-electron chi connectivity index (χ3n) is 10.9. The Morgan fingerprint density at radius 2 is 1.19 bits per heavy atom. The van der Waals surface area contributed by atoms with E-state index in [0.717, 1.165) is 83.0 Å². The van der Waals surface area contributed by atoms with Gasteiger partial charge in [0, 0.05) is 40.5 Å². The molecule has 0 aliphatic carbocycles. The molecule has 0 saturated heterocycles. The van der Waals surface area contributed by atoms with Gasteiger partial charge in [-0.15, -0.1) is 12.1 Å². The molecule has 0 unspecified atom stereocenters. The number of imidazole rings is 2. The van der Waals surface area contributed by atoms with Gasteiger partial charge in [-0.1, -0.05) is 142 Å². The van der Waals surface area contributed by atoms with E-state index in [1.807, 2.05) is 42.7 Å². The number of pyridine rings is 3. The third kappa shape index (κ3) is 5.47. The van der Waals surface area contributed by atoms with Crippen molar-refractivity contribution in [3.05, 3.63) is 175 Å². The van der Waals surface area contributed by atoms with Crippen LogP contribution in [0, 0.1) is 32.9 Å². The molecule has 0 aliphatic rings. The van der Waals surface area contributed by atoms with Gasteiger partial charge in [0.05, 0.1) is 39.4 Å². The minimum Gasteiger partial charge on any atom is -0.497 e. The van der Waals surface area contributed by atoms with Gasteiger partial charge in [-0.25, -0.2) is 0 Å². The number of para-hydroxylation sites is 1. The molecular weight excluding hydrogens is 882 g/mol. The zero-order valence-corrected chi connectivity index (χ0v) is 33.6. The Bertz CT molecular complexity index is 3350. The van der Waals surface area contributed by atoms with E-state index in [4.69, 9.17) is 19.7 Å². The van der Waals surface area contributed by atoms with Gasteiger partial charge >= 0.3 is 21.1 Å². The number of aryl methyl sites for hydroxylation is 3. The fourth-order valence-corrected chi connectivity index (χ4v) is 8.66. The first-order chi connectivity index (χ1) is 27.5. The maximum atomic E-state index is 6.66. The minimum absolute atomic E-state index is 0. The normalized spacial score (nSPS) is 11.6. The third-order valence-corrected chi connectivity index (χ3v) is 10.9. The average Bonchev–Trinajstić information content (AvgIpc) is 3.85. The smallest absolute Gasteiger partial charge is 0.497 e. The van der Waals surface area contributed by atoms with Gasteiger partial charge in [-0.3, -0.25) is 15.0 Å². The summed E-state index contributed by atoms with van der Waals surface area (Å²) in [5.74, 6) is 1.13. The average molecular weight is 915 g/mol. The van der Waals surface area contributed by atoms with Crippen LogP contribution in [-0.2, 0) is 21.1 Å². The summed E-state index contributed by atoms with van der Waals surface area (Å²) in [5.41, 5.74) is 14.5. The minimum atomic E-state index is 0. The number of hydrogen-bond donors (Lipinski definition) is 0. The van der Waals surface area contributed by atoms with E-state index >= 15 is 0 Å². The molecule has 274 valence electrons. The number of rotatable bonds is 5. The van der Waals surface area contributed by atoms with Crippen LogP contribution in [0.4, 0.5) is 0 Å². The molecule has 0 spiro atoms. The van der Waals surface area contributed by atoms with Crippen LogP contribution in [0.1, 0.15) is 16.7 Å². The number of ether oxygens (including phenoxy) is 1. The van der Waals surface area contributed by atoms with Crippen molar-refractivity contribution >= 4 is 54.8 Å². The largest absolute Gasteiger partial charge is 2.00 e. The number of hydrogen-bond acceptors (Lipinski definition) is 4. The van der Waals surface area contributed by atoms with Crippen LogP contribution in [0.2, 0.25) is 0 Å². The van der Waals surface area contributed by atoms with Gasteiger partial charge in [-0.05, 0) is 61.0 Å². The topological polar surface area (TPSA) is 56.7 Å². The van der Waals surface area contributed by atoms with Crippen LogP contribution < -0.4 is 4.74 Å². The molecule has 0 aliphatic heterocycles. The molecule has 7 heteroatoms. The van der Waals surface area contributed by atoms with Crippen molar-refractivity contribution in [3.8, 4) is 45.3 Å². The first-order valence-electron chi connectivity index (χ1n) is 18.8. The van der Waals surface area contributed by atoms with Gasteiger partial charge in [-0.2, -0.15) is 0 Å². The van der Waals surface area contributed by atoms with Crippen molar-refractivity contribution in [3.63, 3.8) is 0 Å². The maximum absolute atomic E-state index is 6.66. The van der Waals surface area contributed by atoms with E-state index in [-0.39, 0.29) is 21.1 Å². The van der Waals surface area contributed by atoms with Gasteiger partial charge in [0.15, 0.2) is 0 Å². The molecule has 6 aromatic carbocycles. The summed E-state index contributed by atoms with van der Waals surface area (Å²) in [7, 11) is 0. The van der Waals surface area contributed by atoms with Crippen LogP contribution in [0.25, 0.3) is 88.5 Å². The monoisotopic (exact) mass is 914 g/mol. The maximum Gasteiger partial charge on any atom is 2.00 e. The number of benzene rings is 6. The Kier molecular flexibility index (Phi) is 8.28. The molecule has 11 aromatic rings. The number of aromatic nitrogens is 5. The van der Waals surface area contributed by atoms with Gasteiger partial charge < -0.3 is 13.5 Å². The molecule has 0 amide bonds. The van der Waals surface area contributed by atoms with Crippen LogP contribution >= 0.6 is 0 Å². The van der Waals surface area contributed by atoms with E-state index in [2.05, 4.69) is 145 Å². The molecule has 6 nitrogen and oxygen atoms in total. The first kappa shape index (κ1) is 34.8. The van der Waals surface area contributed by atoms with Gasteiger partial charge in [0.2, 0.25) is 0 Å². The molecule has 0 bridgehead atoms. The molecule has 5 heterocycles. The van der Waals surface area contributed by atoms with E-state index < -0.39 is 0 Å². The summed E-state index contributed by atoms with van der Waals surface area (Å²) in [6.07, 6.45) is 3.81. The zero-order valence-electron chi connectivity index (χ0n) is 31.3. The Morgan fingerprint density at radius 1 is 0.561 bits per heavy atom. The van der Waals surface area contributed by atoms with Crippen molar-refractivity contribution in [2.75, 3.05) is 0 Å². The Balaban J connectivity index is 0.00000396. The summed E-state index contributed by atoms with van der Waals surface area (Å²) in [6.45, 7) is 6.47. The van der Waals surface area contributed by atoms with Crippen LogP contribution in [-0.4, -0.2) is 23.8 Å². The summed E-state index contributed by atoms with van der Waals surface area (Å²) in [5, 5.41) is 4.84. The fraction of sp³-hybridized carbons (Fsp3) is 0.0600. The second-order valence-corrected chi connectivity index (χ2v) is 14.5. The van der Waals surface area contributed by atoms with Gasteiger partial charge in [0.25, 0.3) is 0 Å². The summed E-state index contributed by atoms with van der Waals surface area (Å²) < 4.78 is 11.2. The second-order valence-electron chi connectivity index (χ2n) is 14.5. The van der Waals surface area contributed by atoms with Crippen LogP contribution in [0.3, 0.4) is 0 Å². The molecule has 57 heavy (non-hydrogen) atoms. The number of nitrogens with zero attached hydrogens (tertiary/aromatic N) is 5. The summed E-state index contributed by atoms with van der Waals surface area (Å²) in [4.78, 5) is 15.3. The Morgan fingerprint density at radius 3 is 1.93 bits per heavy atom. The zero-order chi connectivity index (χ0) is 37.5. The Labute approximate surface area is 343 Å². The predicted octanol–water partition coefficient (Wildman–Crippen LogP) is 12.3. The van der Waals surface area contributed by atoms with Gasteiger partial charge in [0.1, 0.15) is 0 Å². The quantitative estimate of drug-likeness (QED) is 0.127. The Hall–Kier alpha value is -6.62. The number of fused-ring (bicyclic) bond motifs is 12. The summed E-state index contributed by atoms with van der Waals surface area (Å²) in [6, 6.07) is 53.3. The molecular formula is C50H33N5OPt. The van der Waals surface area contributed by atoms with E-state index in [0.29, 0.717) is 11.5 Å². The van der Waals surface area contributed by atoms with E-state index in [1.54, 1.807) is 0 Å². The van der Waals surface area contributed by atoms with Crippen molar-refractivity contribution in [2.45, 2.75) is 20.8 Å². The molecule has 0 saturated carbocycles. The van der Waals surface area contributed by atoms with Crippen LogP contribution in [0.5, 0.6) is 11.5 Å². The molecule has 5 aromatic heterocycles. The van der Waals surface area contributed by atoms with Crippen molar-refractivity contribution < 1.29 is 25.8 Å². The molecule has 0 N–H and O–H groups in total. The van der Waals surface area contributed by atoms with E-state index in [9.17, 15) is 0 Å². The van der Waals surface area contributed by atoms with Crippen LogP contribution in [0.15, 0.2) is 146 Å². The SMILES string of the molecule is Cc1cc(C)c(-c2cnc3c4[c-]c(Oc5[c-]c6c(cc5)c5ccccc5n5c(-c7ccccc7)c(-c7ccccc7)nc65)ccc4c4ncccc4n23)c(C)c1.[Pt+2]. The molecule has 0 radical (unpaired) electrons. The standard InChI is InChI=1S/C50H33N5O.Pt/c1-30-25-31(2)45(32(3)26-30)44-29-52-49-41-28-36(21-23-39(41)47-43(54(44)49)19-12-24-51-47)56-35-20-22-37-38-17-10-11-18-42(38)55-48(34-15-8-5-9-16-34)46(33-13-6-4-7-14-33)53-50(55)40(37)27-35;/h4-26,29H,1-3H3;/q-2;+2. The second kappa shape index (κ2) is 13.5. The first-order valence-corrected chi connectivity index (χ1v) is 18.8. The molecule has 0 fully saturated rings. The summed E-state index contributed by atoms with van der Waals surface area (Å²) >= 11 is 0. The van der Waals surface area contributed by atoms with Crippen molar-refractivity contribution in [1.29, 1.82) is 0 Å². The predicted molar refractivity (Wildman–Crippen MR) is 226 cm³/mol. The fourth-order valence-electron chi connectivity index (χ4n) is 8.66. The van der Waals surface area contributed by atoms with E-state index in [1.165, 1.54) is 22.3 Å². The molecule has 0 atom stereocenters. The van der Waals surface area contributed by atoms with Crippen molar-refractivity contribution in [2.24, 2.45) is 0 Å². The molecule has 11 rings (SSSR count).